The third-order valence-electron chi connectivity index (χ3n) is 3.68. The van der Waals surface area contributed by atoms with Gasteiger partial charge in [-0.2, -0.15) is 0 Å². The van der Waals surface area contributed by atoms with Crippen molar-refractivity contribution in [3.8, 4) is 17.2 Å². The van der Waals surface area contributed by atoms with Crippen molar-refractivity contribution in [2.75, 3.05) is 11.9 Å². The van der Waals surface area contributed by atoms with E-state index in [1.807, 2.05) is 66.7 Å². The lowest BCUT2D eigenvalue weighted by molar-refractivity contribution is 0.361. The first-order valence-corrected chi connectivity index (χ1v) is 9.13. The van der Waals surface area contributed by atoms with E-state index in [2.05, 4.69) is 33.9 Å². The van der Waals surface area contributed by atoms with Gasteiger partial charge in [-0.25, -0.2) is 0 Å². The van der Waals surface area contributed by atoms with Crippen LogP contribution in [0.3, 0.4) is 0 Å². The second-order valence-electron chi connectivity index (χ2n) is 5.66. The van der Waals surface area contributed by atoms with Crippen molar-refractivity contribution in [2.45, 2.75) is 6.54 Å². The fourth-order valence-electron chi connectivity index (χ4n) is 2.39. The summed E-state index contributed by atoms with van der Waals surface area (Å²) in [5.74, 6) is 2.46. The smallest absolute Gasteiger partial charge is 0.133 e. The summed E-state index contributed by atoms with van der Waals surface area (Å²) < 4.78 is 12.3. The molecule has 0 amide bonds. The number of halogens is 1. The molecule has 26 heavy (non-hydrogen) atoms. The molecule has 0 aliphatic rings. The summed E-state index contributed by atoms with van der Waals surface area (Å²) in [7, 11) is 0. The highest BCUT2D eigenvalue weighted by atomic mass is 79.9. The molecule has 0 radical (unpaired) electrons. The number of ether oxygens (including phenoxy) is 2. The van der Waals surface area contributed by atoms with Crippen molar-refractivity contribution in [3.63, 3.8) is 0 Å². The van der Waals surface area contributed by atoms with Crippen LogP contribution in [-0.4, -0.2) is 6.61 Å². The quantitative estimate of drug-likeness (QED) is 0.435. The molecule has 0 bridgehead atoms. The van der Waals surface area contributed by atoms with Crippen LogP contribution in [0.4, 0.5) is 5.69 Å². The summed E-state index contributed by atoms with van der Waals surface area (Å²) in [4.78, 5) is 0. The van der Waals surface area contributed by atoms with Gasteiger partial charge in [-0.1, -0.05) is 36.9 Å². The van der Waals surface area contributed by atoms with Gasteiger partial charge in [0.15, 0.2) is 0 Å². The molecule has 0 atom stereocenters. The van der Waals surface area contributed by atoms with Gasteiger partial charge < -0.3 is 14.8 Å². The van der Waals surface area contributed by atoms with Crippen molar-refractivity contribution >= 4 is 21.6 Å². The van der Waals surface area contributed by atoms with Crippen LogP contribution >= 0.6 is 15.9 Å². The molecule has 0 aliphatic carbocycles. The predicted molar refractivity (Wildman–Crippen MR) is 110 cm³/mol. The molecular formula is C22H20BrNO2. The first kappa shape index (κ1) is 18.1. The molecule has 0 fully saturated rings. The van der Waals surface area contributed by atoms with Gasteiger partial charge in [0, 0.05) is 12.2 Å². The number of rotatable bonds is 8. The number of hydrogen-bond acceptors (Lipinski definition) is 3. The molecule has 0 unspecified atom stereocenters. The summed E-state index contributed by atoms with van der Waals surface area (Å²) in [6.45, 7) is 4.87. The van der Waals surface area contributed by atoms with Crippen LogP contribution in [0.25, 0.3) is 0 Å². The molecule has 132 valence electrons. The lowest BCUT2D eigenvalue weighted by Crippen LogP contribution is -2.00. The van der Waals surface area contributed by atoms with Crippen LogP contribution < -0.4 is 14.8 Å². The highest BCUT2D eigenvalue weighted by Crippen LogP contribution is 2.27. The third-order valence-corrected chi connectivity index (χ3v) is 4.30. The molecule has 3 rings (SSSR count). The second-order valence-corrected chi connectivity index (χ2v) is 6.51. The van der Waals surface area contributed by atoms with E-state index in [4.69, 9.17) is 9.47 Å². The molecule has 0 spiro atoms. The molecule has 0 saturated carbocycles. The minimum Gasteiger partial charge on any atom is -0.488 e. The highest BCUT2D eigenvalue weighted by molar-refractivity contribution is 9.10. The Kier molecular flexibility index (Phi) is 6.34. The normalized spacial score (nSPS) is 10.2. The average Bonchev–Trinajstić information content (AvgIpc) is 2.67. The number of benzene rings is 3. The Morgan fingerprint density at radius 3 is 2.35 bits per heavy atom. The third kappa shape index (κ3) is 5.14. The molecule has 3 aromatic carbocycles. The Morgan fingerprint density at radius 1 is 0.923 bits per heavy atom. The molecular weight excluding hydrogens is 390 g/mol. The summed E-state index contributed by atoms with van der Waals surface area (Å²) in [5.41, 5.74) is 2.20. The zero-order valence-electron chi connectivity index (χ0n) is 14.3. The van der Waals surface area contributed by atoms with Gasteiger partial charge in [0.1, 0.15) is 23.9 Å². The summed E-state index contributed by atoms with van der Waals surface area (Å²) in [5, 5.41) is 3.41. The number of hydrogen-bond donors (Lipinski definition) is 1. The van der Waals surface area contributed by atoms with E-state index in [0.717, 1.165) is 39.5 Å². The van der Waals surface area contributed by atoms with Gasteiger partial charge in [0.2, 0.25) is 0 Å². The van der Waals surface area contributed by atoms with E-state index in [9.17, 15) is 0 Å². The molecule has 3 nitrogen and oxygen atoms in total. The van der Waals surface area contributed by atoms with Gasteiger partial charge in [0.25, 0.3) is 0 Å². The van der Waals surface area contributed by atoms with Crippen molar-refractivity contribution < 1.29 is 9.47 Å². The van der Waals surface area contributed by atoms with Crippen molar-refractivity contribution in [2.24, 2.45) is 0 Å². The Hall–Kier alpha value is -2.72. The van der Waals surface area contributed by atoms with Gasteiger partial charge in [0.05, 0.1) is 4.47 Å². The maximum absolute atomic E-state index is 5.80. The van der Waals surface area contributed by atoms with Crippen LogP contribution in [0.2, 0.25) is 0 Å². The van der Waals surface area contributed by atoms with Crippen molar-refractivity contribution in [3.05, 3.63) is 95.5 Å². The SMILES string of the molecule is C=CCOc1ccc(CNc2ccc(Oc3ccccc3)cc2)cc1Br. The zero-order valence-corrected chi connectivity index (χ0v) is 15.9. The van der Waals surface area contributed by atoms with Crippen LogP contribution in [0.5, 0.6) is 17.2 Å². The molecule has 4 heteroatoms. The molecule has 0 saturated heterocycles. The van der Waals surface area contributed by atoms with E-state index in [1.165, 1.54) is 0 Å². The first-order chi connectivity index (χ1) is 12.7. The van der Waals surface area contributed by atoms with Crippen molar-refractivity contribution in [1.82, 2.24) is 0 Å². The first-order valence-electron chi connectivity index (χ1n) is 8.33. The molecule has 0 aromatic heterocycles. The monoisotopic (exact) mass is 409 g/mol. The topological polar surface area (TPSA) is 30.5 Å². The van der Waals surface area contributed by atoms with Crippen LogP contribution in [-0.2, 0) is 6.54 Å². The van der Waals surface area contributed by atoms with E-state index in [0.29, 0.717) is 6.61 Å². The summed E-state index contributed by atoms with van der Waals surface area (Å²) >= 11 is 3.54. The lowest BCUT2D eigenvalue weighted by Gasteiger charge is -2.11. The fourth-order valence-corrected chi connectivity index (χ4v) is 2.93. The fraction of sp³-hybridized carbons (Fsp3) is 0.0909. The largest absolute Gasteiger partial charge is 0.488 e. The molecule has 1 N–H and O–H groups in total. The van der Waals surface area contributed by atoms with Crippen LogP contribution in [0, 0.1) is 0 Å². The zero-order chi connectivity index (χ0) is 18.2. The lowest BCUT2D eigenvalue weighted by atomic mass is 10.2. The van der Waals surface area contributed by atoms with Gasteiger partial charge in [-0.15, -0.1) is 0 Å². The molecule has 0 heterocycles. The summed E-state index contributed by atoms with van der Waals surface area (Å²) in [6, 6.07) is 23.7. The predicted octanol–water partition coefficient (Wildman–Crippen LogP) is 6.42. The van der Waals surface area contributed by atoms with E-state index < -0.39 is 0 Å². The van der Waals surface area contributed by atoms with Crippen LogP contribution in [0.15, 0.2) is 89.9 Å². The van der Waals surface area contributed by atoms with E-state index in [1.54, 1.807) is 6.08 Å². The summed E-state index contributed by atoms with van der Waals surface area (Å²) in [6.07, 6.45) is 1.73. The maximum atomic E-state index is 5.80. The van der Waals surface area contributed by atoms with E-state index in [-0.39, 0.29) is 0 Å². The number of para-hydroxylation sites is 1. The molecule has 3 aromatic rings. The Labute approximate surface area is 162 Å². The minimum atomic E-state index is 0.494. The second kappa shape index (κ2) is 9.11. The standard InChI is InChI=1S/C22H20BrNO2/c1-2-14-25-22-13-8-17(15-21(22)23)16-24-18-9-11-20(12-10-18)26-19-6-4-3-5-7-19/h2-13,15,24H,1,14,16H2. The number of anilines is 1. The van der Waals surface area contributed by atoms with E-state index >= 15 is 0 Å². The van der Waals surface area contributed by atoms with Crippen molar-refractivity contribution in [1.29, 1.82) is 0 Å². The van der Waals surface area contributed by atoms with Gasteiger partial charge in [-0.05, 0) is 70.0 Å². The Morgan fingerprint density at radius 2 is 1.65 bits per heavy atom. The molecule has 0 aliphatic heterocycles. The Bertz CT molecular complexity index is 848. The highest BCUT2D eigenvalue weighted by Gasteiger charge is 2.03. The van der Waals surface area contributed by atoms with Gasteiger partial charge in [-0.3, -0.25) is 0 Å². The minimum absolute atomic E-state index is 0.494. The average molecular weight is 410 g/mol. The van der Waals surface area contributed by atoms with Crippen LogP contribution in [0.1, 0.15) is 5.56 Å². The maximum Gasteiger partial charge on any atom is 0.133 e. The Balaban J connectivity index is 1.56. The number of nitrogens with one attached hydrogen (secondary N) is 1. The van der Waals surface area contributed by atoms with Gasteiger partial charge >= 0.3 is 0 Å².